The van der Waals surface area contributed by atoms with Crippen molar-refractivity contribution in [1.29, 1.82) is 0 Å². The highest BCUT2D eigenvalue weighted by molar-refractivity contribution is 5.82. The number of rotatable bonds is 7. The Morgan fingerprint density at radius 2 is 2.28 bits per heavy atom. The second-order valence-corrected chi connectivity index (χ2v) is 5.05. The zero-order valence-electron chi connectivity index (χ0n) is 11.2. The molecule has 0 spiro atoms. The zero-order valence-corrected chi connectivity index (χ0v) is 11.2. The van der Waals surface area contributed by atoms with E-state index in [0.717, 1.165) is 45.5 Å². The third-order valence-electron chi connectivity index (χ3n) is 3.77. The molecule has 2 unspecified atom stereocenters. The van der Waals surface area contributed by atoms with E-state index in [2.05, 4.69) is 5.32 Å². The van der Waals surface area contributed by atoms with Gasteiger partial charge in [-0.25, -0.2) is 0 Å². The minimum atomic E-state index is 0.215. The van der Waals surface area contributed by atoms with Crippen LogP contribution in [0.2, 0.25) is 0 Å². The molecular formula is C13H24N2O3. The van der Waals surface area contributed by atoms with Gasteiger partial charge in [0.05, 0.1) is 12.5 Å². The molecule has 0 aromatic rings. The second kappa shape index (κ2) is 7.07. The van der Waals surface area contributed by atoms with Crippen LogP contribution < -0.4 is 5.32 Å². The van der Waals surface area contributed by atoms with Crippen LogP contribution in [-0.4, -0.2) is 63.4 Å². The van der Waals surface area contributed by atoms with Gasteiger partial charge < -0.3 is 19.7 Å². The van der Waals surface area contributed by atoms with E-state index in [9.17, 15) is 4.79 Å². The maximum atomic E-state index is 12.1. The monoisotopic (exact) mass is 256 g/mol. The molecule has 1 N–H and O–H groups in total. The predicted molar refractivity (Wildman–Crippen MR) is 68.4 cm³/mol. The van der Waals surface area contributed by atoms with Gasteiger partial charge in [0.2, 0.25) is 5.91 Å². The third kappa shape index (κ3) is 3.43. The number of ether oxygens (including phenoxy) is 2. The number of hydrogen-bond donors (Lipinski definition) is 1. The van der Waals surface area contributed by atoms with Gasteiger partial charge in [-0.05, 0) is 25.8 Å². The molecule has 2 rings (SSSR count). The number of fused-ring (bicyclic) bond motifs is 1. The first kappa shape index (κ1) is 13.8. The quantitative estimate of drug-likeness (QED) is 0.663. The van der Waals surface area contributed by atoms with Crippen molar-refractivity contribution in [2.75, 3.05) is 46.6 Å². The van der Waals surface area contributed by atoms with E-state index in [1.165, 1.54) is 0 Å². The minimum absolute atomic E-state index is 0.215. The molecule has 0 saturated carbocycles. The molecule has 2 heterocycles. The topological polar surface area (TPSA) is 50.8 Å². The van der Waals surface area contributed by atoms with Gasteiger partial charge in [-0.2, -0.15) is 0 Å². The summed E-state index contributed by atoms with van der Waals surface area (Å²) in [7, 11) is 1.69. The highest BCUT2D eigenvalue weighted by atomic mass is 16.5. The van der Waals surface area contributed by atoms with Crippen LogP contribution in [0, 0.1) is 5.92 Å². The Kier molecular flexibility index (Phi) is 5.41. The summed E-state index contributed by atoms with van der Waals surface area (Å²) in [4.78, 5) is 14.1. The minimum Gasteiger partial charge on any atom is -0.385 e. The van der Waals surface area contributed by atoms with E-state index in [1.807, 2.05) is 4.90 Å². The maximum Gasteiger partial charge on any atom is 0.227 e. The summed E-state index contributed by atoms with van der Waals surface area (Å²) in [5.41, 5.74) is 0. The van der Waals surface area contributed by atoms with Gasteiger partial charge in [-0.3, -0.25) is 4.79 Å². The normalized spacial score (nSPS) is 27.6. The fourth-order valence-electron chi connectivity index (χ4n) is 2.79. The van der Waals surface area contributed by atoms with Gasteiger partial charge in [0.25, 0.3) is 0 Å². The van der Waals surface area contributed by atoms with Gasteiger partial charge in [0.15, 0.2) is 0 Å². The molecular weight excluding hydrogens is 232 g/mol. The molecule has 18 heavy (non-hydrogen) atoms. The fraction of sp³-hybridized carbons (Fsp3) is 0.923. The van der Waals surface area contributed by atoms with Crippen molar-refractivity contribution >= 4 is 5.91 Å². The lowest BCUT2D eigenvalue weighted by atomic mass is 9.94. The van der Waals surface area contributed by atoms with Crippen LogP contribution in [0.4, 0.5) is 0 Å². The molecule has 0 aromatic heterocycles. The van der Waals surface area contributed by atoms with Crippen molar-refractivity contribution in [3.05, 3.63) is 0 Å². The van der Waals surface area contributed by atoms with Crippen LogP contribution in [0.1, 0.15) is 19.3 Å². The average Bonchev–Trinajstić information content (AvgIpc) is 2.71. The van der Waals surface area contributed by atoms with Gasteiger partial charge in [-0.15, -0.1) is 0 Å². The van der Waals surface area contributed by atoms with Gasteiger partial charge >= 0.3 is 0 Å². The van der Waals surface area contributed by atoms with Crippen LogP contribution in [0.15, 0.2) is 0 Å². The predicted octanol–water partition coefficient (Wildman–Crippen LogP) is 0.250. The van der Waals surface area contributed by atoms with Crippen LogP contribution in [0.3, 0.4) is 0 Å². The smallest absolute Gasteiger partial charge is 0.227 e. The Morgan fingerprint density at radius 1 is 1.39 bits per heavy atom. The summed E-state index contributed by atoms with van der Waals surface area (Å²) in [5, 5.41) is 3.44. The lowest BCUT2D eigenvalue weighted by Gasteiger charge is -2.23. The molecule has 0 bridgehead atoms. The standard InChI is InChI=1S/C13H24N2O3/c1-17-7-3-8-18-9-6-15-10-12-11(13(15)16)4-2-5-14-12/h11-12,14H,2-10H2,1H3. The highest BCUT2D eigenvalue weighted by Gasteiger charge is 2.40. The van der Waals surface area contributed by atoms with E-state index >= 15 is 0 Å². The average molecular weight is 256 g/mol. The summed E-state index contributed by atoms with van der Waals surface area (Å²) < 4.78 is 10.5. The van der Waals surface area contributed by atoms with Crippen LogP contribution in [-0.2, 0) is 14.3 Å². The van der Waals surface area contributed by atoms with E-state index in [0.29, 0.717) is 25.2 Å². The summed E-state index contributed by atoms with van der Waals surface area (Å²) >= 11 is 0. The number of amides is 1. The van der Waals surface area contributed by atoms with Crippen LogP contribution >= 0.6 is 0 Å². The first-order valence-electron chi connectivity index (χ1n) is 6.92. The molecule has 0 aliphatic carbocycles. The summed E-state index contributed by atoms with van der Waals surface area (Å²) in [6, 6.07) is 0.375. The second-order valence-electron chi connectivity index (χ2n) is 5.05. The largest absolute Gasteiger partial charge is 0.385 e. The number of carbonyl (C=O) groups excluding carboxylic acids is 1. The van der Waals surface area contributed by atoms with Crippen molar-refractivity contribution in [1.82, 2.24) is 10.2 Å². The Bertz CT molecular complexity index is 273. The Balaban J connectivity index is 1.63. The molecule has 2 fully saturated rings. The molecule has 0 radical (unpaired) electrons. The Labute approximate surface area is 109 Å². The molecule has 2 saturated heterocycles. The van der Waals surface area contributed by atoms with Crippen LogP contribution in [0.25, 0.3) is 0 Å². The van der Waals surface area contributed by atoms with Crippen molar-refractivity contribution < 1.29 is 14.3 Å². The lowest BCUT2D eigenvalue weighted by molar-refractivity contribution is -0.132. The molecule has 0 aromatic carbocycles. The van der Waals surface area contributed by atoms with Gasteiger partial charge in [0.1, 0.15) is 0 Å². The number of methoxy groups -OCH3 is 1. The molecule has 1 amide bonds. The van der Waals surface area contributed by atoms with E-state index in [4.69, 9.17) is 9.47 Å². The fourth-order valence-corrected chi connectivity index (χ4v) is 2.79. The number of nitrogens with zero attached hydrogens (tertiary/aromatic N) is 1. The van der Waals surface area contributed by atoms with Crippen molar-refractivity contribution in [3.8, 4) is 0 Å². The van der Waals surface area contributed by atoms with Crippen molar-refractivity contribution in [2.45, 2.75) is 25.3 Å². The van der Waals surface area contributed by atoms with E-state index < -0.39 is 0 Å². The number of likely N-dealkylation sites (tertiary alicyclic amines) is 1. The molecule has 104 valence electrons. The summed E-state index contributed by atoms with van der Waals surface area (Å²) in [5.74, 6) is 0.528. The zero-order chi connectivity index (χ0) is 12.8. The van der Waals surface area contributed by atoms with Gasteiger partial charge in [-0.1, -0.05) is 0 Å². The van der Waals surface area contributed by atoms with Crippen LogP contribution in [0.5, 0.6) is 0 Å². The molecule has 2 aliphatic heterocycles. The SMILES string of the molecule is COCCCOCCN1CC2NCCCC2C1=O. The molecule has 5 heteroatoms. The number of nitrogens with one attached hydrogen (secondary N) is 1. The number of piperidine rings is 1. The Hall–Kier alpha value is -0.650. The molecule has 2 atom stereocenters. The maximum absolute atomic E-state index is 12.1. The lowest BCUT2D eigenvalue weighted by Crippen LogP contribution is -2.41. The summed E-state index contributed by atoms with van der Waals surface area (Å²) in [6.45, 7) is 4.70. The summed E-state index contributed by atoms with van der Waals surface area (Å²) in [6.07, 6.45) is 3.08. The third-order valence-corrected chi connectivity index (χ3v) is 3.77. The van der Waals surface area contributed by atoms with E-state index in [1.54, 1.807) is 7.11 Å². The highest BCUT2D eigenvalue weighted by Crippen LogP contribution is 2.25. The van der Waals surface area contributed by atoms with Crippen molar-refractivity contribution in [3.63, 3.8) is 0 Å². The first-order valence-corrected chi connectivity index (χ1v) is 6.92. The molecule has 2 aliphatic rings. The molecule has 5 nitrogen and oxygen atoms in total. The van der Waals surface area contributed by atoms with Crippen molar-refractivity contribution in [2.24, 2.45) is 5.92 Å². The number of carbonyl (C=O) groups is 1. The van der Waals surface area contributed by atoms with E-state index in [-0.39, 0.29) is 5.92 Å². The van der Waals surface area contributed by atoms with Gasteiger partial charge in [0, 0.05) is 39.5 Å². The first-order chi connectivity index (χ1) is 8.83. The number of hydrogen-bond acceptors (Lipinski definition) is 4. The Morgan fingerprint density at radius 3 is 3.06 bits per heavy atom.